The Morgan fingerprint density at radius 3 is 2.81 bits per heavy atom. The second kappa shape index (κ2) is 5.41. The molecule has 1 aliphatic heterocycles. The minimum atomic E-state index is 0.189. The summed E-state index contributed by atoms with van der Waals surface area (Å²) in [6, 6.07) is 3.66. The fourth-order valence-corrected chi connectivity index (χ4v) is 2.72. The quantitative estimate of drug-likeness (QED) is 0.941. The second-order valence-corrected chi connectivity index (χ2v) is 5.16. The number of ether oxygens (including phenoxy) is 2. The Kier molecular flexibility index (Phi) is 3.59. The zero-order valence-electron chi connectivity index (χ0n) is 12.2. The number of fused-ring (bicyclic) bond motifs is 1. The maximum Gasteiger partial charge on any atom is 0.231 e. The predicted octanol–water partition coefficient (Wildman–Crippen LogP) is 3.44. The second-order valence-electron chi connectivity index (χ2n) is 4.76. The van der Waals surface area contributed by atoms with Crippen LogP contribution in [0.3, 0.4) is 0 Å². The van der Waals surface area contributed by atoms with Gasteiger partial charge in [0.1, 0.15) is 5.82 Å². The molecule has 0 atom stereocenters. The highest BCUT2D eigenvalue weighted by Gasteiger charge is 2.20. The van der Waals surface area contributed by atoms with Gasteiger partial charge in [-0.25, -0.2) is 9.97 Å². The third-order valence-electron chi connectivity index (χ3n) is 3.49. The van der Waals surface area contributed by atoms with E-state index in [0.717, 1.165) is 29.1 Å². The lowest BCUT2D eigenvalue weighted by Crippen LogP contribution is -2.05. The molecule has 1 aromatic heterocycles. The maximum absolute atomic E-state index is 6.22. The topological polar surface area (TPSA) is 56.3 Å². The van der Waals surface area contributed by atoms with Gasteiger partial charge in [0, 0.05) is 23.9 Å². The average Bonchev–Trinajstić information content (AvgIpc) is 2.95. The van der Waals surface area contributed by atoms with Crippen LogP contribution in [-0.4, -0.2) is 23.8 Å². The van der Waals surface area contributed by atoms with Gasteiger partial charge in [-0.1, -0.05) is 18.5 Å². The van der Waals surface area contributed by atoms with Crippen LogP contribution >= 0.6 is 11.6 Å². The highest BCUT2D eigenvalue weighted by Crippen LogP contribution is 2.42. The zero-order chi connectivity index (χ0) is 15.0. The van der Waals surface area contributed by atoms with Gasteiger partial charge >= 0.3 is 0 Å². The molecule has 2 heterocycles. The molecular formula is C15H16ClN3O2. The van der Waals surface area contributed by atoms with Crippen molar-refractivity contribution in [2.45, 2.75) is 20.3 Å². The molecule has 0 saturated heterocycles. The fourth-order valence-electron chi connectivity index (χ4n) is 2.45. The molecule has 110 valence electrons. The Bertz CT molecular complexity index is 704. The van der Waals surface area contributed by atoms with Crippen LogP contribution in [0, 0.1) is 6.92 Å². The molecule has 0 bridgehead atoms. The first-order chi connectivity index (χ1) is 10.1. The Morgan fingerprint density at radius 2 is 2.10 bits per heavy atom. The number of hydrogen-bond acceptors (Lipinski definition) is 5. The summed E-state index contributed by atoms with van der Waals surface area (Å²) < 4.78 is 10.7. The zero-order valence-corrected chi connectivity index (χ0v) is 12.9. The van der Waals surface area contributed by atoms with E-state index < -0.39 is 0 Å². The summed E-state index contributed by atoms with van der Waals surface area (Å²) in [5, 5.41) is 3.63. The van der Waals surface area contributed by atoms with Gasteiger partial charge in [0.15, 0.2) is 17.3 Å². The Morgan fingerprint density at radius 1 is 1.29 bits per heavy atom. The summed E-state index contributed by atoms with van der Waals surface area (Å²) >= 11 is 6.22. The van der Waals surface area contributed by atoms with E-state index in [1.54, 1.807) is 6.07 Å². The summed E-state index contributed by atoms with van der Waals surface area (Å²) in [6.45, 7) is 4.26. The smallest absolute Gasteiger partial charge is 0.231 e. The summed E-state index contributed by atoms with van der Waals surface area (Å²) in [6.07, 6.45) is 0.879. The molecule has 21 heavy (non-hydrogen) atoms. The summed E-state index contributed by atoms with van der Waals surface area (Å²) in [5.74, 6) is 2.67. The van der Waals surface area contributed by atoms with E-state index in [-0.39, 0.29) is 6.79 Å². The number of nitrogens with one attached hydrogen (secondary N) is 1. The van der Waals surface area contributed by atoms with E-state index >= 15 is 0 Å². The van der Waals surface area contributed by atoms with Crippen LogP contribution in [0.15, 0.2) is 12.1 Å². The number of benzene rings is 1. The van der Waals surface area contributed by atoms with E-state index in [0.29, 0.717) is 22.3 Å². The van der Waals surface area contributed by atoms with Crippen molar-refractivity contribution in [3.05, 3.63) is 28.4 Å². The molecule has 1 N–H and O–H groups in total. The van der Waals surface area contributed by atoms with Crippen LogP contribution in [0.25, 0.3) is 11.4 Å². The number of aromatic nitrogens is 2. The van der Waals surface area contributed by atoms with Gasteiger partial charge < -0.3 is 14.8 Å². The third-order valence-corrected chi connectivity index (χ3v) is 3.77. The molecule has 0 unspecified atom stereocenters. The SMILES string of the molecule is CCc1c(C)nc(-c2cc(Cl)c3c(c2)OCO3)nc1NC. The fraction of sp³-hybridized carbons (Fsp3) is 0.333. The number of nitrogens with zero attached hydrogens (tertiary/aromatic N) is 2. The van der Waals surface area contributed by atoms with Gasteiger partial charge in [-0.2, -0.15) is 0 Å². The molecule has 5 nitrogen and oxygen atoms in total. The largest absolute Gasteiger partial charge is 0.454 e. The minimum Gasteiger partial charge on any atom is -0.454 e. The van der Waals surface area contributed by atoms with Gasteiger partial charge in [-0.15, -0.1) is 0 Å². The van der Waals surface area contributed by atoms with E-state index in [1.807, 2.05) is 20.0 Å². The van der Waals surface area contributed by atoms with Gasteiger partial charge in [0.2, 0.25) is 6.79 Å². The molecule has 3 rings (SSSR count). The number of rotatable bonds is 3. The average molecular weight is 306 g/mol. The molecule has 1 aromatic carbocycles. The van der Waals surface area contributed by atoms with Crippen LogP contribution < -0.4 is 14.8 Å². The Hall–Kier alpha value is -2.01. The number of hydrogen-bond donors (Lipinski definition) is 1. The van der Waals surface area contributed by atoms with Crippen LogP contribution in [0.1, 0.15) is 18.2 Å². The lowest BCUT2D eigenvalue weighted by Gasteiger charge is -2.12. The predicted molar refractivity (Wildman–Crippen MR) is 82.3 cm³/mol. The minimum absolute atomic E-state index is 0.189. The van der Waals surface area contributed by atoms with Gasteiger partial charge in [0.25, 0.3) is 0 Å². The Labute approximate surface area is 128 Å². The molecule has 0 fully saturated rings. The molecule has 0 saturated carbocycles. The number of aryl methyl sites for hydroxylation is 1. The molecule has 1 aliphatic rings. The normalized spacial score (nSPS) is 12.6. The van der Waals surface area contributed by atoms with Crippen molar-refractivity contribution >= 4 is 17.4 Å². The van der Waals surface area contributed by atoms with Crippen LogP contribution in [-0.2, 0) is 6.42 Å². The lowest BCUT2D eigenvalue weighted by atomic mass is 10.1. The van der Waals surface area contributed by atoms with Gasteiger partial charge in [-0.3, -0.25) is 0 Å². The highest BCUT2D eigenvalue weighted by atomic mass is 35.5. The molecule has 0 radical (unpaired) electrons. The van der Waals surface area contributed by atoms with E-state index in [9.17, 15) is 0 Å². The molecule has 0 amide bonds. The van der Waals surface area contributed by atoms with E-state index in [4.69, 9.17) is 21.1 Å². The number of halogens is 1. The van der Waals surface area contributed by atoms with E-state index in [1.165, 1.54) is 0 Å². The van der Waals surface area contributed by atoms with Gasteiger partial charge in [0.05, 0.1) is 5.02 Å². The molecule has 6 heteroatoms. The van der Waals surface area contributed by atoms with Crippen molar-refractivity contribution in [1.29, 1.82) is 0 Å². The highest BCUT2D eigenvalue weighted by molar-refractivity contribution is 6.32. The van der Waals surface area contributed by atoms with Crippen LogP contribution in [0.2, 0.25) is 5.02 Å². The van der Waals surface area contributed by atoms with Crippen molar-refractivity contribution < 1.29 is 9.47 Å². The van der Waals surface area contributed by atoms with Crippen molar-refractivity contribution in [3.8, 4) is 22.9 Å². The first-order valence-electron chi connectivity index (χ1n) is 6.78. The standard InChI is InChI=1S/C15H16ClN3O2/c1-4-10-8(2)18-14(19-15(10)17-3)9-5-11(16)13-12(6-9)20-7-21-13/h5-6H,4,7H2,1-3H3,(H,17,18,19). The first-order valence-corrected chi connectivity index (χ1v) is 7.16. The lowest BCUT2D eigenvalue weighted by molar-refractivity contribution is 0.174. The monoisotopic (exact) mass is 305 g/mol. The maximum atomic E-state index is 6.22. The third kappa shape index (κ3) is 2.38. The van der Waals surface area contributed by atoms with Crippen molar-refractivity contribution in [2.75, 3.05) is 19.2 Å². The Balaban J connectivity index is 2.13. The first kappa shape index (κ1) is 13.9. The van der Waals surface area contributed by atoms with Crippen molar-refractivity contribution in [3.63, 3.8) is 0 Å². The van der Waals surface area contributed by atoms with Gasteiger partial charge in [-0.05, 0) is 25.5 Å². The summed E-state index contributed by atoms with van der Waals surface area (Å²) in [7, 11) is 1.86. The van der Waals surface area contributed by atoms with Crippen molar-refractivity contribution in [2.24, 2.45) is 0 Å². The number of anilines is 1. The summed E-state index contributed by atoms with van der Waals surface area (Å²) in [4.78, 5) is 9.17. The molecular weight excluding hydrogens is 290 g/mol. The molecule has 2 aromatic rings. The molecule has 0 spiro atoms. The molecule has 0 aliphatic carbocycles. The van der Waals surface area contributed by atoms with Crippen LogP contribution in [0.4, 0.5) is 5.82 Å². The van der Waals surface area contributed by atoms with Crippen molar-refractivity contribution in [1.82, 2.24) is 9.97 Å². The summed E-state index contributed by atoms with van der Waals surface area (Å²) in [5.41, 5.74) is 2.89. The van der Waals surface area contributed by atoms with Crippen LogP contribution in [0.5, 0.6) is 11.5 Å². The van der Waals surface area contributed by atoms with E-state index in [2.05, 4.69) is 22.2 Å².